The number of nitrogens with two attached hydrogens (primary N) is 1. The van der Waals surface area contributed by atoms with Crippen LogP contribution < -0.4 is 11.1 Å². The number of nitrogens with one attached hydrogen (secondary N) is 1. The number of allylic oxidation sites excluding steroid dienone is 2. The summed E-state index contributed by atoms with van der Waals surface area (Å²) in [4.78, 5) is 50.8. The minimum atomic E-state index is -2.16. The highest BCUT2D eigenvalue weighted by molar-refractivity contribution is 6.24. The standard InChI is InChI=1S/C30H30N2O7/c1-29(2,3)28(38)32-17-6-4-14(5-7-17)18-8-9-21(33)23-19(18)11-15-10-16-12-22(34)24(27(31)37)26(36)30(16,39)13-20(15)25(23)35/h4-9,13,15-16,33-34,39H,10-12H2,1-3H3,(H2,31,37)(H,32,38)/t15-,16+,30-/m1/s1. The Balaban J connectivity index is 1.52. The lowest BCUT2D eigenvalue weighted by Crippen LogP contribution is -2.54. The van der Waals surface area contributed by atoms with Crippen molar-refractivity contribution in [3.05, 3.63) is 70.5 Å². The van der Waals surface area contributed by atoms with Crippen molar-refractivity contribution in [2.45, 2.75) is 45.6 Å². The predicted molar refractivity (Wildman–Crippen MR) is 143 cm³/mol. The van der Waals surface area contributed by atoms with Crippen LogP contribution in [0.3, 0.4) is 0 Å². The highest BCUT2D eigenvalue weighted by Crippen LogP contribution is 2.50. The summed E-state index contributed by atoms with van der Waals surface area (Å²) in [6.45, 7) is 5.47. The summed E-state index contributed by atoms with van der Waals surface area (Å²) < 4.78 is 0. The van der Waals surface area contributed by atoms with Crippen LogP contribution >= 0.6 is 0 Å². The van der Waals surface area contributed by atoms with Crippen molar-refractivity contribution in [2.75, 3.05) is 5.32 Å². The van der Waals surface area contributed by atoms with Gasteiger partial charge in [0.15, 0.2) is 5.78 Å². The molecule has 0 unspecified atom stereocenters. The summed E-state index contributed by atoms with van der Waals surface area (Å²) in [6.07, 6.45) is 1.62. The minimum Gasteiger partial charge on any atom is -0.511 e. The number of anilines is 1. The molecule has 9 heteroatoms. The molecule has 3 aliphatic rings. The van der Waals surface area contributed by atoms with Gasteiger partial charge in [-0.2, -0.15) is 0 Å². The highest BCUT2D eigenvalue weighted by atomic mass is 16.3. The van der Waals surface area contributed by atoms with Crippen LogP contribution in [-0.4, -0.2) is 44.3 Å². The monoisotopic (exact) mass is 530 g/mol. The molecule has 3 aliphatic carbocycles. The summed E-state index contributed by atoms with van der Waals surface area (Å²) in [7, 11) is 0. The maximum absolute atomic E-state index is 13.7. The zero-order valence-electron chi connectivity index (χ0n) is 21.9. The topological polar surface area (TPSA) is 167 Å². The molecule has 5 rings (SSSR count). The summed E-state index contributed by atoms with van der Waals surface area (Å²) >= 11 is 0. The van der Waals surface area contributed by atoms with E-state index < -0.39 is 45.7 Å². The molecular formula is C30H30N2O7. The van der Waals surface area contributed by atoms with E-state index in [0.717, 1.165) is 11.1 Å². The second kappa shape index (κ2) is 8.91. The van der Waals surface area contributed by atoms with Gasteiger partial charge in [-0.3, -0.25) is 19.2 Å². The van der Waals surface area contributed by atoms with E-state index in [-0.39, 0.29) is 41.6 Å². The van der Waals surface area contributed by atoms with Gasteiger partial charge in [-0.25, -0.2) is 0 Å². The number of aromatic hydroxyl groups is 1. The number of phenols is 1. The third-order valence-corrected chi connectivity index (χ3v) is 7.94. The van der Waals surface area contributed by atoms with Crippen LogP contribution in [-0.2, 0) is 20.8 Å². The van der Waals surface area contributed by atoms with E-state index in [1.54, 1.807) is 18.2 Å². The number of benzene rings is 2. The third kappa shape index (κ3) is 4.23. The van der Waals surface area contributed by atoms with Crippen molar-refractivity contribution in [3.63, 3.8) is 0 Å². The molecule has 0 heterocycles. The predicted octanol–water partition coefficient (Wildman–Crippen LogP) is 3.35. The first-order chi connectivity index (χ1) is 18.2. The molecule has 0 aliphatic heterocycles. The van der Waals surface area contributed by atoms with Gasteiger partial charge in [0.25, 0.3) is 5.91 Å². The van der Waals surface area contributed by atoms with Gasteiger partial charge >= 0.3 is 0 Å². The molecule has 0 saturated heterocycles. The molecule has 202 valence electrons. The molecule has 2 aromatic carbocycles. The lowest BCUT2D eigenvalue weighted by molar-refractivity contribution is -0.138. The number of rotatable bonds is 3. The van der Waals surface area contributed by atoms with Crippen molar-refractivity contribution in [3.8, 4) is 16.9 Å². The third-order valence-electron chi connectivity index (χ3n) is 7.94. The molecule has 0 spiro atoms. The fourth-order valence-corrected chi connectivity index (χ4v) is 5.79. The Morgan fingerprint density at radius 2 is 1.69 bits per heavy atom. The average molecular weight is 531 g/mol. The molecule has 2 aromatic rings. The van der Waals surface area contributed by atoms with E-state index in [0.29, 0.717) is 17.7 Å². The Bertz CT molecular complexity index is 1510. The molecule has 0 saturated carbocycles. The number of hydrogen-bond acceptors (Lipinski definition) is 7. The maximum atomic E-state index is 13.7. The Kier molecular flexibility index (Phi) is 6.03. The Hall–Kier alpha value is -4.24. The number of carbonyl (C=O) groups is 4. The Morgan fingerprint density at radius 1 is 1.03 bits per heavy atom. The van der Waals surface area contributed by atoms with Crippen LogP contribution in [0.4, 0.5) is 5.69 Å². The lowest BCUT2D eigenvalue weighted by atomic mass is 9.61. The fraction of sp³-hybridized carbons (Fsp3) is 0.333. The van der Waals surface area contributed by atoms with Crippen molar-refractivity contribution in [2.24, 2.45) is 23.0 Å². The number of fused-ring (bicyclic) bond motifs is 3. The number of phenolic OH excluding ortho intramolecular Hbond substituents is 1. The van der Waals surface area contributed by atoms with E-state index in [4.69, 9.17) is 5.73 Å². The van der Waals surface area contributed by atoms with Gasteiger partial charge in [0, 0.05) is 29.0 Å². The van der Waals surface area contributed by atoms with E-state index in [9.17, 15) is 34.5 Å². The van der Waals surface area contributed by atoms with Crippen molar-refractivity contribution >= 4 is 29.1 Å². The SMILES string of the molecule is CC(C)(C)C(=O)Nc1ccc(-c2ccc(O)c3c2C[C@H]2C[C@H]4CC(O)=C(C(N)=O)C(=O)[C@@]4(O)C=C2C3=O)cc1. The van der Waals surface area contributed by atoms with Crippen LogP contribution in [0.25, 0.3) is 11.1 Å². The number of Topliss-reactive ketones (excluding diaryl/α,β-unsaturated/α-hetero) is 2. The van der Waals surface area contributed by atoms with Crippen molar-refractivity contribution in [1.82, 2.24) is 0 Å². The Morgan fingerprint density at radius 3 is 2.31 bits per heavy atom. The van der Waals surface area contributed by atoms with E-state index in [1.165, 1.54) is 12.1 Å². The second-order valence-corrected chi connectivity index (χ2v) is 11.6. The van der Waals surface area contributed by atoms with Crippen molar-refractivity contribution in [1.29, 1.82) is 0 Å². The van der Waals surface area contributed by atoms with E-state index in [2.05, 4.69) is 5.32 Å². The summed E-state index contributed by atoms with van der Waals surface area (Å²) in [5, 5.41) is 35.2. The van der Waals surface area contributed by atoms with Gasteiger partial charge in [0.1, 0.15) is 22.7 Å². The zero-order valence-corrected chi connectivity index (χ0v) is 21.9. The normalized spacial score (nSPS) is 24.4. The van der Waals surface area contributed by atoms with Gasteiger partial charge in [-0.1, -0.05) is 39.0 Å². The highest BCUT2D eigenvalue weighted by Gasteiger charge is 2.54. The first-order valence-corrected chi connectivity index (χ1v) is 12.8. The fourth-order valence-electron chi connectivity index (χ4n) is 5.79. The number of amides is 2. The molecule has 0 fully saturated rings. The van der Waals surface area contributed by atoms with Gasteiger partial charge in [0.2, 0.25) is 11.7 Å². The number of primary amides is 1. The van der Waals surface area contributed by atoms with Crippen LogP contribution in [0.2, 0.25) is 0 Å². The van der Waals surface area contributed by atoms with Crippen LogP contribution in [0.1, 0.15) is 49.5 Å². The average Bonchev–Trinajstić information content (AvgIpc) is 2.84. The van der Waals surface area contributed by atoms with Crippen LogP contribution in [0.5, 0.6) is 5.75 Å². The number of carbonyl (C=O) groups excluding carboxylic acids is 4. The number of aliphatic hydroxyl groups is 2. The maximum Gasteiger partial charge on any atom is 0.255 e. The smallest absolute Gasteiger partial charge is 0.255 e. The van der Waals surface area contributed by atoms with Gasteiger partial charge in [-0.05, 0) is 59.7 Å². The summed E-state index contributed by atoms with van der Waals surface area (Å²) in [6, 6.07) is 10.4. The minimum absolute atomic E-state index is 0.0962. The second-order valence-electron chi connectivity index (χ2n) is 11.6. The molecule has 6 N–H and O–H groups in total. The molecule has 9 nitrogen and oxygen atoms in total. The molecule has 39 heavy (non-hydrogen) atoms. The van der Waals surface area contributed by atoms with Crippen LogP contribution in [0.15, 0.2) is 59.4 Å². The van der Waals surface area contributed by atoms with Crippen molar-refractivity contribution < 1.29 is 34.5 Å². The zero-order chi connectivity index (χ0) is 28.4. The van der Waals surface area contributed by atoms with E-state index in [1.807, 2.05) is 32.9 Å². The summed E-state index contributed by atoms with van der Waals surface area (Å²) in [5.74, 6) is -4.59. The van der Waals surface area contributed by atoms with E-state index >= 15 is 0 Å². The number of ketones is 2. The first kappa shape index (κ1) is 26.4. The Labute approximate surface area is 225 Å². The van der Waals surface area contributed by atoms with Gasteiger partial charge < -0.3 is 26.4 Å². The molecule has 2 amide bonds. The molecular weight excluding hydrogens is 500 g/mol. The largest absolute Gasteiger partial charge is 0.511 e. The first-order valence-electron chi connectivity index (χ1n) is 12.8. The molecule has 3 atom stereocenters. The summed E-state index contributed by atoms with van der Waals surface area (Å²) in [5.41, 5.74) is 4.98. The number of hydrogen-bond donors (Lipinski definition) is 5. The quantitative estimate of drug-likeness (QED) is 0.379. The van der Waals surface area contributed by atoms with Gasteiger partial charge in [-0.15, -0.1) is 0 Å². The molecule has 0 radical (unpaired) electrons. The lowest BCUT2D eigenvalue weighted by Gasteiger charge is -2.44. The molecule has 0 aromatic heterocycles. The van der Waals surface area contributed by atoms with Crippen LogP contribution in [0, 0.1) is 17.3 Å². The molecule has 0 bridgehead atoms. The number of aliphatic hydroxyl groups excluding tert-OH is 1. The van der Waals surface area contributed by atoms with Gasteiger partial charge in [0.05, 0.1) is 5.56 Å².